The van der Waals surface area contributed by atoms with E-state index in [9.17, 15) is 8.42 Å². The molecule has 2 aliphatic rings. The molecule has 2 heterocycles. The summed E-state index contributed by atoms with van der Waals surface area (Å²) in [5.74, 6) is 0.450. The molecular formula is C23H30N2O4S. The van der Waals surface area contributed by atoms with E-state index >= 15 is 0 Å². The largest absolute Gasteiger partial charge is 0.483 e. The van der Waals surface area contributed by atoms with E-state index in [1.54, 1.807) is 25.3 Å². The van der Waals surface area contributed by atoms with Crippen molar-refractivity contribution in [2.75, 3.05) is 39.9 Å². The van der Waals surface area contributed by atoms with Crippen LogP contribution < -0.4 is 4.74 Å². The molecule has 1 spiro atoms. The Morgan fingerprint density at radius 2 is 1.83 bits per heavy atom. The molecule has 4 rings (SSSR count). The number of para-hydroxylation sites is 1. The van der Waals surface area contributed by atoms with Gasteiger partial charge in [0, 0.05) is 39.7 Å². The van der Waals surface area contributed by atoms with Crippen molar-refractivity contribution in [1.82, 2.24) is 9.21 Å². The predicted molar refractivity (Wildman–Crippen MR) is 116 cm³/mol. The molecule has 1 saturated heterocycles. The molecule has 6 nitrogen and oxygen atoms in total. The fourth-order valence-corrected chi connectivity index (χ4v) is 6.26. The first-order valence-electron chi connectivity index (χ1n) is 10.4. The molecule has 0 amide bonds. The number of hydrogen-bond acceptors (Lipinski definition) is 5. The Morgan fingerprint density at radius 1 is 1.10 bits per heavy atom. The van der Waals surface area contributed by atoms with Crippen molar-refractivity contribution in [3.8, 4) is 5.75 Å². The average Bonchev–Trinajstić information content (AvgIpc) is 3.02. The van der Waals surface area contributed by atoms with Crippen LogP contribution >= 0.6 is 0 Å². The summed E-state index contributed by atoms with van der Waals surface area (Å²) in [6.45, 7) is 7.62. The van der Waals surface area contributed by atoms with E-state index in [0.29, 0.717) is 32.0 Å². The highest BCUT2D eigenvalue weighted by Gasteiger charge is 2.47. The summed E-state index contributed by atoms with van der Waals surface area (Å²) in [6, 6.07) is 13.6. The van der Waals surface area contributed by atoms with Crippen molar-refractivity contribution < 1.29 is 17.9 Å². The highest BCUT2D eigenvalue weighted by molar-refractivity contribution is 7.89. The van der Waals surface area contributed by atoms with Crippen LogP contribution in [0.25, 0.3) is 0 Å². The number of ether oxygens (including phenoxy) is 2. The van der Waals surface area contributed by atoms with E-state index in [2.05, 4.69) is 36.9 Å². The van der Waals surface area contributed by atoms with Gasteiger partial charge in [-0.25, -0.2) is 8.42 Å². The van der Waals surface area contributed by atoms with E-state index in [-0.39, 0.29) is 4.90 Å². The average molecular weight is 431 g/mol. The first kappa shape index (κ1) is 21.3. The molecule has 0 unspecified atom stereocenters. The zero-order chi connectivity index (χ0) is 21.4. The van der Waals surface area contributed by atoms with E-state index < -0.39 is 15.6 Å². The second-order valence-corrected chi connectivity index (χ2v) is 10.4. The van der Waals surface area contributed by atoms with Gasteiger partial charge in [-0.1, -0.05) is 41.5 Å². The highest BCUT2D eigenvalue weighted by atomic mass is 32.2. The number of methoxy groups -OCH3 is 1. The number of sulfonamides is 1. The molecule has 7 heteroatoms. The van der Waals surface area contributed by atoms with Crippen LogP contribution in [0.1, 0.15) is 23.1 Å². The lowest BCUT2D eigenvalue weighted by Gasteiger charge is -2.32. The monoisotopic (exact) mass is 430 g/mol. The van der Waals surface area contributed by atoms with Gasteiger partial charge in [0.25, 0.3) is 0 Å². The Kier molecular flexibility index (Phi) is 5.90. The lowest BCUT2D eigenvalue weighted by atomic mass is 10.0. The number of fused-ring (bicyclic) bond motifs is 1. The number of likely N-dealkylation sites (tertiary alicyclic amines) is 1. The normalized spacial score (nSPS) is 23.8. The molecule has 0 bridgehead atoms. The maximum atomic E-state index is 13.3. The summed E-state index contributed by atoms with van der Waals surface area (Å²) < 4.78 is 39.8. The molecule has 2 aromatic rings. The van der Waals surface area contributed by atoms with Gasteiger partial charge in [0.1, 0.15) is 16.2 Å². The van der Waals surface area contributed by atoms with E-state index in [1.165, 1.54) is 21.0 Å². The van der Waals surface area contributed by atoms with Crippen LogP contribution in [-0.2, 0) is 21.3 Å². The summed E-state index contributed by atoms with van der Waals surface area (Å²) in [5, 5.41) is 0. The molecule has 0 N–H and O–H groups in total. The Hall–Kier alpha value is -1.93. The molecule has 2 aromatic carbocycles. The minimum absolute atomic E-state index is 0.241. The zero-order valence-corrected chi connectivity index (χ0v) is 18.7. The summed E-state index contributed by atoms with van der Waals surface area (Å²) in [4.78, 5) is 2.61. The molecule has 0 radical (unpaired) electrons. The fraction of sp³-hybridized carbons (Fsp3) is 0.478. The van der Waals surface area contributed by atoms with Gasteiger partial charge in [-0.2, -0.15) is 4.31 Å². The molecule has 0 aliphatic carbocycles. The smallest absolute Gasteiger partial charge is 0.246 e. The number of hydrogen-bond donors (Lipinski definition) is 0. The third kappa shape index (κ3) is 4.25. The second kappa shape index (κ2) is 8.30. The molecule has 0 saturated carbocycles. The zero-order valence-electron chi connectivity index (χ0n) is 17.9. The summed E-state index contributed by atoms with van der Waals surface area (Å²) in [5.41, 5.74) is 3.24. The molecular weight excluding hydrogens is 400 g/mol. The van der Waals surface area contributed by atoms with Gasteiger partial charge in [0.15, 0.2) is 0 Å². The van der Waals surface area contributed by atoms with Crippen LogP contribution in [0.4, 0.5) is 0 Å². The minimum atomic E-state index is -3.63. The van der Waals surface area contributed by atoms with Gasteiger partial charge in [-0.3, -0.25) is 4.90 Å². The maximum Gasteiger partial charge on any atom is 0.246 e. The number of benzene rings is 2. The second-order valence-electron chi connectivity index (χ2n) is 8.52. The van der Waals surface area contributed by atoms with E-state index in [0.717, 1.165) is 19.5 Å². The third-order valence-corrected chi connectivity index (χ3v) is 7.77. The van der Waals surface area contributed by atoms with Gasteiger partial charge in [-0.05, 0) is 31.5 Å². The van der Waals surface area contributed by atoms with Crippen molar-refractivity contribution in [2.24, 2.45) is 0 Å². The Morgan fingerprint density at radius 3 is 2.57 bits per heavy atom. The van der Waals surface area contributed by atoms with Crippen LogP contribution in [0.15, 0.2) is 47.4 Å². The molecule has 2 aliphatic heterocycles. The Balaban J connectivity index is 1.61. The molecule has 1 fully saturated rings. The van der Waals surface area contributed by atoms with Gasteiger partial charge in [0.2, 0.25) is 10.0 Å². The van der Waals surface area contributed by atoms with Crippen LogP contribution in [0.3, 0.4) is 0 Å². The van der Waals surface area contributed by atoms with Crippen molar-refractivity contribution >= 4 is 10.0 Å². The van der Waals surface area contributed by atoms with Gasteiger partial charge in [-0.15, -0.1) is 0 Å². The molecule has 0 aromatic heterocycles. The van der Waals surface area contributed by atoms with E-state index in [1.807, 2.05) is 6.07 Å². The fourth-order valence-electron chi connectivity index (χ4n) is 4.64. The third-order valence-electron chi connectivity index (χ3n) is 5.89. The Bertz CT molecular complexity index is 1000. The van der Waals surface area contributed by atoms with Crippen LogP contribution in [0, 0.1) is 13.8 Å². The molecule has 30 heavy (non-hydrogen) atoms. The van der Waals surface area contributed by atoms with Gasteiger partial charge in [0.05, 0.1) is 13.2 Å². The molecule has 162 valence electrons. The Labute approximate surface area is 179 Å². The number of aryl methyl sites for hydroxylation is 2. The minimum Gasteiger partial charge on any atom is -0.483 e. The highest BCUT2D eigenvalue weighted by Crippen LogP contribution is 2.38. The maximum absolute atomic E-state index is 13.3. The van der Waals surface area contributed by atoms with Crippen molar-refractivity contribution in [1.29, 1.82) is 0 Å². The first-order valence-corrected chi connectivity index (χ1v) is 11.8. The van der Waals surface area contributed by atoms with Gasteiger partial charge < -0.3 is 9.47 Å². The quantitative estimate of drug-likeness (QED) is 0.730. The lowest BCUT2D eigenvalue weighted by Crippen LogP contribution is -2.49. The lowest BCUT2D eigenvalue weighted by molar-refractivity contribution is 0.0533. The predicted octanol–water partition coefficient (Wildman–Crippen LogP) is 2.98. The summed E-state index contributed by atoms with van der Waals surface area (Å²) >= 11 is 0. The van der Waals surface area contributed by atoms with Crippen LogP contribution in [0.5, 0.6) is 5.75 Å². The number of nitrogens with zero attached hydrogens (tertiary/aromatic N) is 2. The van der Waals surface area contributed by atoms with Crippen molar-refractivity contribution in [3.05, 3.63) is 59.2 Å². The number of rotatable bonds is 5. The first-order chi connectivity index (χ1) is 14.3. The van der Waals surface area contributed by atoms with E-state index in [4.69, 9.17) is 9.47 Å². The van der Waals surface area contributed by atoms with Crippen LogP contribution in [-0.4, -0.2) is 63.1 Å². The molecule has 1 atom stereocenters. The standard InChI is InChI=1S/C23H30N2O4S/c1-18-12-19(2)14-20(13-18)15-24-9-8-23(16-24)17-25(10-11-28-3)30(26,27)22-7-5-4-6-21(22)29-23/h4-7,12-14H,8-11,15-17H2,1-3H3/t23-/m0/s1. The SMILES string of the molecule is COCCN1C[C@@]2(CCN(Cc3cc(C)cc(C)c3)C2)Oc2ccccc2S1(=O)=O. The topological polar surface area (TPSA) is 59.1 Å². The van der Waals surface area contributed by atoms with Crippen LogP contribution in [0.2, 0.25) is 0 Å². The summed E-state index contributed by atoms with van der Waals surface area (Å²) in [6.07, 6.45) is 0.783. The van der Waals surface area contributed by atoms with Gasteiger partial charge >= 0.3 is 0 Å². The van der Waals surface area contributed by atoms with Crippen molar-refractivity contribution in [2.45, 2.75) is 37.3 Å². The summed E-state index contributed by atoms with van der Waals surface area (Å²) in [7, 11) is -2.04. The van der Waals surface area contributed by atoms with Crippen molar-refractivity contribution in [3.63, 3.8) is 0 Å².